The van der Waals surface area contributed by atoms with E-state index in [0.29, 0.717) is 0 Å². The first-order valence-corrected chi connectivity index (χ1v) is 10.8. The highest BCUT2D eigenvalue weighted by Gasteiger charge is 2.31. The van der Waals surface area contributed by atoms with Crippen LogP contribution in [0, 0.1) is 5.92 Å². The number of ether oxygens (including phenoxy) is 2. The second-order valence-electron chi connectivity index (χ2n) is 8.16. The van der Waals surface area contributed by atoms with Crippen LogP contribution in [-0.4, -0.2) is 55.5 Å². The van der Waals surface area contributed by atoms with Crippen molar-refractivity contribution in [3.8, 4) is 11.1 Å². The van der Waals surface area contributed by atoms with Crippen LogP contribution in [0.25, 0.3) is 11.1 Å². The zero-order valence-corrected chi connectivity index (χ0v) is 18.2. The average Bonchev–Trinajstić information content (AvgIpc) is 3.40. The van der Waals surface area contributed by atoms with Crippen molar-refractivity contribution >= 4 is 18.0 Å². The Balaban J connectivity index is 1.36. The van der Waals surface area contributed by atoms with E-state index in [-0.39, 0.29) is 25.6 Å². The van der Waals surface area contributed by atoms with Crippen LogP contribution in [0.3, 0.4) is 0 Å². The Labute approximate surface area is 191 Å². The van der Waals surface area contributed by atoms with Crippen molar-refractivity contribution in [1.29, 1.82) is 0 Å². The molecular weight excluding hydrogens is 424 g/mol. The molecule has 2 aromatic carbocycles. The van der Waals surface area contributed by atoms with E-state index >= 15 is 0 Å². The molecule has 2 unspecified atom stereocenters. The zero-order chi connectivity index (χ0) is 23.4. The molecule has 2 aliphatic carbocycles. The minimum atomic E-state index is -0.970. The number of carboxylic acid groups (broad SMARTS) is 1. The van der Waals surface area contributed by atoms with Gasteiger partial charge in [-0.1, -0.05) is 60.7 Å². The molecule has 0 aliphatic heterocycles. The summed E-state index contributed by atoms with van der Waals surface area (Å²) in [6, 6.07) is 14.7. The molecule has 0 bridgehead atoms. The first-order chi connectivity index (χ1) is 16.0. The van der Waals surface area contributed by atoms with Crippen LogP contribution in [0.4, 0.5) is 4.79 Å². The fourth-order valence-corrected chi connectivity index (χ4v) is 4.40. The summed E-state index contributed by atoms with van der Waals surface area (Å²) < 4.78 is 10.6. The Morgan fingerprint density at radius 1 is 1.03 bits per heavy atom. The maximum Gasteiger partial charge on any atom is 0.407 e. The number of fused-ring (bicyclic) bond motifs is 3. The third kappa shape index (κ3) is 4.90. The first kappa shape index (κ1) is 22.5. The van der Waals surface area contributed by atoms with Gasteiger partial charge in [0.2, 0.25) is 5.91 Å². The lowest BCUT2D eigenvalue weighted by Gasteiger charge is -2.21. The SMILES string of the molecule is COC[C@H](NC(=O)OCC1c2ccccc2-c2ccccc21)C(=O)NC1C=CC(C(=O)O)C1. The number of carbonyl (C=O) groups excluding carboxylic acids is 2. The largest absolute Gasteiger partial charge is 0.481 e. The van der Waals surface area contributed by atoms with Gasteiger partial charge in [-0.3, -0.25) is 9.59 Å². The molecule has 0 aromatic heterocycles. The molecule has 0 spiro atoms. The van der Waals surface area contributed by atoms with E-state index in [9.17, 15) is 14.4 Å². The molecule has 0 saturated carbocycles. The van der Waals surface area contributed by atoms with Gasteiger partial charge in [0.15, 0.2) is 0 Å². The van der Waals surface area contributed by atoms with Gasteiger partial charge in [0.1, 0.15) is 12.6 Å². The lowest BCUT2D eigenvalue weighted by Crippen LogP contribution is -2.51. The van der Waals surface area contributed by atoms with E-state index in [1.165, 1.54) is 7.11 Å². The molecule has 2 amide bonds. The van der Waals surface area contributed by atoms with Gasteiger partial charge in [0, 0.05) is 19.1 Å². The number of amides is 2. The smallest absolute Gasteiger partial charge is 0.407 e. The van der Waals surface area contributed by atoms with Crippen molar-refractivity contribution in [3.63, 3.8) is 0 Å². The van der Waals surface area contributed by atoms with Crippen molar-refractivity contribution in [2.45, 2.75) is 24.4 Å². The molecule has 0 radical (unpaired) electrons. The highest BCUT2D eigenvalue weighted by molar-refractivity contribution is 5.86. The molecule has 8 heteroatoms. The summed E-state index contributed by atoms with van der Waals surface area (Å²) in [5.74, 6) is -2.13. The van der Waals surface area contributed by atoms with Crippen LogP contribution >= 0.6 is 0 Å². The van der Waals surface area contributed by atoms with Crippen LogP contribution < -0.4 is 10.6 Å². The fraction of sp³-hybridized carbons (Fsp3) is 0.320. The molecule has 33 heavy (non-hydrogen) atoms. The molecule has 0 saturated heterocycles. The summed E-state index contributed by atoms with van der Waals surface area (Å²) in [4.78, 5) is 36.3. The van der Waals surface area contributed by atoms with E-state index in [4.69, 9.17) is 14.6 Å². The second-order valence-corrected chi connectivity index (χ2v) is 8.16. The van der Waals surface area contributed by atoms with E-state index in [0.717, 1.165) is 22.3 Å². The maximum absolute atomic E-state index is 12.6. The van der Waals surface area contributed by atoms with Gasteiger partial charge in [0.05, 0.1) is 12.5 Å². The van der Waals surface area contributed by atoms with Crippen LogP contribution in [-0.2, 0) is 19.1 Å². The molecule has 3 atom stereocenters. The molecule has 3 N–H and O–H groups in total. The van der Waals surface area contributed by atoms with Gasteiger partial charge < -0.3 is 25.2 Å². The molecule has 4 rings (SSSR count). The number of benzene rings is 2. The highest BCUT2D eigenvalue weighted by atomic mass is 16.5. The minimum absolute atomic E-state index is 0.0468. The van der Waals surface area contributed by atoms with Gasteiger partial charge >= 0.3 is 12.1 Å². The van der Waals surface area contributed by atoms with Gasteiger partial charge in [0.25, 0.3) is 0 Å². The fourth-order valence-electron chi connectivity index (χ4n) is 4.40. The quantitative estimate of drug-likeness (QED) is 0.533. The van der Waals surface area contributed by atoms with Crippen LogP contribution in [0.15, 0.2) is 60.7 Å². The first-order valence-electron chi connectivity index (χ1n) is 10.8. The molecule has 8 nitrogen and oxygen atoms in total. The lowest BCUT2D eigenvalue weighted by molar-refractivity contribution is -0.140. The number of rotatable bonds is 8. The number of aliphatic carboxylic acids is 1. The third-order valence-electron chi connectivity index (χ3n) is 6.01. The van der Waals surface area contributed by atoms with E-state index in [1.807, 2.05) is 36.4 Å². The van der Waals surface area contributed by atoms with Crippen molar-refractivity contribution in [2.75, 3.05) is 20.3 Å². The second kappa shape index (κ2) is 9.87. The monoisotopic (exact) mass is 450 g/mol. The molecule has 0 fully saturated rings. The molecular formula is C25H26N2O6. The number of carbonyl (C=O) groups is 3. The molecule has 0 heterocycles. The zero-order valence-electron chi connectivity index (χ0n) is 18.2. The molecule has 2 aliphatic rings. The Morgan fingerprint density at radius 3 is 2.24 bits per heavy atom. The maximum atomic E-state index is 12.6. The standard InChI is InChI=1S/C25H26N2O6/c1-32-14-22(23(28)26-16-11-10-15(12-16)24(29)30)27-25(31)33-13-21-19-8-4-2-6-17(19)18-7-3-5-9-20(18)21/h2-11,15-16,21-22H,12-14H2,1H3,(H,26,28)(H,27,31)(H,29,30)/t15?,16?,22-/m0/s1. The lowest BCUT2D eigenvalue weighted by atomic mass is 9.98. The summed E-state index contributed by atoms with van der Waals surface area (Å²) in [5, 5.41) is 14.4. The van der Waals surface area contributed by atoms with Gasteiger partial charge in [-0.2, -0.15) is 0 Å². The number of alkyl carbamates (subject to hydrolysis) is 1. The van der Waals surface area contributed by atoms with E-state index in [1.54, 1.807) is 12.2 Å². The summed E-state index contributed by atoms with van der Waals surface area (Å²) in [6.07, 6.45) is 2.75. The number of hydrogen-bond acceptors (Lipinski definition) is 5. The predicted octanol–water partition coefficient (Wildman–Crippen LogP) is 2.69. The van der Waals surface area contributed by atoms with Crippen LogP contribution in [0.1, 0.15) is 23.5 Å². The average molecular weight is 450 g/mol. The topological polar surface area (TPSA) is 114 Å². The summed E-state index contributed by atoms with van der Waals surface area (Å²) in [5.41, 5.74) is 4.45. The van der Waals surface area contributed by atoms with Crippen molar-refractivity contribution in [1.82, 2.24) is 10.6 Å². The molecule has 2 aromatic rings. The number of methoxy groups -OCH3 is 1. The van der Waals surface area contributed by atoms with E-state index in [2.05, 4.69) is 22.8 Å². The van der Waals surface area contributed by atoms with Gasteiger partial charge in [-0.15, -0.1) is 0 Å². The Bertz CT molecular complexity index is 1040. The van der Waals surface area contributed by atoms with Crippen molar-refractivity contribution in [3.05, 3.63) is 71.8 Å². The minimum Gasteiger partial charge on any atom is -0.481 e. The number of nitrogens with one attached hydrogen (secondary N) is 2. The number of carboxylic acids is 1. The summed E-state index contributed by atoms with van der Waals surface area (Å²) >= 11 is 0. The Morgan fingerprint density at radius 2 is 1.67 bits per heavy atom. The number of hydrogen-bond donors (Lipinski definition) is 3. The van der Waals surface area contributed by atoms with Gasteiger partial charge in [-0.05, 0) is 28.7 Å². The Hall–Kier alpha value is -3.65. The van der Waals surface area contributed by atoms with Gasteiger partial charge in [-0.25, -0.2) is 4.79 Å². The van der Waals surface area contributed by atoms with Crippen LogP contribution in [0.2, 0.25) is 0 Å². The summed E-state index contributed by atoms with van der Waals surface area (Å²) in [7, 11) is 1.43. The predicted molar refractivity (Wildman–Crippen MR) is 121 cm³/mol. The van der Waals surface area contributed by atoms with Crippen LogP contribution in [0.5, 0.6) is 0 Å². The van der Waals surface area contributed by atoms with Crippen molar-refractivity contribution < 1.29 is 29.0 Å². The normalized spacial score (nSPS) is 19.4. The molecule has 172 valence electrons. The third-order valence-corrected chi connectivity index (χ3v) is 6.01. The van der Waals surface area contributed by atoms with E-state index < -0.39 is 36.0 Å². The van der Waals surface area contributed by atoms with Crippen molar-refractivity contribution in [2.24, 2.45) is 5.92 Å². The summed E-state index contributed by atoms with van der Waals surface area (Å²) in [6.45, 7) is 0.0850. The highest BCUT2D eigenvalue weighted by Crippen LogP contribution is 2.44. The Kier molecular flexibility index (Phi) is 6.74.